The minimum absolute atomic E-state index is 0.120. The third-order valence-electron chi connectivity index (χ3n) is 3.12. The van der Waals surface area contributed by atoms with E-state index < -0.39 is 0 Å². The van der Waals surface area contributed by atoms with Crippen LogP contribution in [0.25, 0.3) is 0 Å². The van der Waals surface area contributed by atoms with Crippen LogP contribution in [0.3, 0.4) is 0 Å². The Morgan fingerprint density at radius 1 is 1.05 bits per heavy atom. The summed E-state index contributed by atoms with van der Waals surface area (Å²) in [6.07, 6.45) is 0. The second-order valence-electron chi connectivity index (χ2n) is 4.40. The first-order valence-electron chi connectivity index (χ1n) is 5.91. The number of aryl methyl sites for hydroxylation is 1. The Morgan fingerprint density at radius 3 is 2.42 bits per heavy atom. The maximum Gasteiger partial charge on any atom is 0.123 e. The molecule has 2 rings (SSSR count). The molecular formula is C15H14Cl2FN. The molecule has 0 aromatic heterocycles. The molecule has 4 heteroatoms. The Labute approximate surface area is 122 Å². The molecule has 0 saturated carbocycles. The summed E-state index contributed by atoms with van der Waals surface area (Å²) in [6, 6.07) is 10.1. The van der Waals surface area contributed by atoms with Gasteiger partial charge in [-0.1, -0.05) is 35.3 Å². The van der Waals surface area contributed by atoms with Gasteiger partial charge in [0.25, 0.3) is 0 Å². The smallest absolute Gasteiger partial charge is 0.123 e. The van der Waals surface area contributed by atoms with Crippen molar-refractivity contribution in [3.63, 3.8) is 0 Å². The van der Waals surface area contributed by atoms with Crippen molar-refractivity contribution in [3.05, 3.63) is 69.0 Å². The van der Waals surface area contributed by atoms with E-state index in [0.717, 1.165) is 16.7 Å². The molecule has 0 aliphatic heterocycles. The summed E-state index contributed by atoms with van der Waals surface area (Å²) in [6.45, 7) is 1.95. The average Bonchev–Trinajstić information content (AvgIpc) is 2.38. The molecule has 2 aromatic rings. The topological polar surface area (TPSA) is 12.0 Å². The van der Waals surface area contributed by atoms with Crippen molar-refractivity contribution >= 4 is 23.2 Å². The van der Waals surface area contributed by atoms with Gasteiger partial charge in [-0.25, -0.2) is 4.39 Å². The molecule has 1 atom stereocenters. The van der Waals surface area contributed by atoms with Gasteiger partial charge < -0.3 is 5.32 Å². The molecule has 19 heavy (non-hydrogen) atoms. The summed E-state index contributed by atoms with van der Waals surface area (Å²) in [5.74, 6) is -0.249. The molecular weight excluding hydrogens is 284 g/mol. The highest BCUT2D eigenvalue weighted by atomic mass is 35.5. The second-order valence-corrected chi connectivity index (χ2v) is 5.21. The van der Waals surface area contributed by atoms with Crippen LogP contribution in [-0.4, -0.2) is 7.05 Å². The second kappa shape index (κ2) is 5.91. The third kappa shape index (κ3) is 3.08. The van der Waals surface area contributed by atoms with Crippen molar-refractivity contribution in [1.82, 2.24) is 5.32 Å². The van der Waals surface area contributed by atoms with Gasteiger partial charge in [0.2, 0.25) is 0 Å². The van der Waals surface area contributed by atoms with Crippen LogP contribution in [-0.2, 0) is 0 Å². The van der Waals surface area contributed by atoms with E-state index in [0.29, 0.717) is 10.0 Å². The number of hydrogen-bond acceptors (Lipinski definition) is 1. The fourth-order valence-corrected chi connectivity index (χ4v) is 2.42. The van der Waals surface area contributed by atoms with E-state index in [4.69, 9.17) is 23.2 Å². The van der Waals surface area contributed by atoms with E-state index in [2.05, 4.69) is 5.32 Å². The molecule has 1 nitrogen and oxygen atoms in total. The lowest BCUT2D eigenvalue weighted by Gasteiger charge is -2.20. The van der Waals surface area contributed by atoms with Crippen molar-refractivity contribution < 1.29 is 4.39 Å². The minimum Gasteiger partial charge on any atom is -0.309 e. The van der Waals surface area contributed by atoms with Crippen LogP contribution in [0, 0.1) is 12.7 Å². The Balaban J connectivity index is 2.49. The van der Waals surface area contributed by atoms with Crippen LogP contribution in [0.15, 0.2) is 36.4 Å². The summed E-state index contributed by atoms with van der Waals surface area (Å²) in [7, 11) is 1.83. The van der Waals surface area contributed by atoms with E-state index in [1.165, 1.54) is 6.07 Å². The SMILES string of the molecule is CNC(c1ccc(Cl)c(Cl)c1)c1cc(F)ccc1C. The highest BCUT2D eigenvalue weighted by Gasteiger charge is 2.16. The fraction of sp³-hybridized carbons (Fsp3) is 0.200. The Kier molecular flexibility index (Phi) is 4.46. The highest BCUT2D eigenvalue weighted by molar-refractivity contribution is 6.42. The third-order valence-corrected chi connectivity index (χ3v) is 3.86. The molecule has 0 radical (unpaired) electrons. The van der Waals surface area contributed by atoms with E-state index in [1.54, 1.807) is 24.3 Å². The van der Waals surface area contributed by atoms with E-state index in [1.807, 2.05) is 20.0 Å². The summed E-state index contributed by atoms with van der Waals surface area (Å²) in [5.41, 5.74) is 2.86. The van der Waals surface area contributed by atoms with E-state index in [9.17, 15) is 4.39 Å². The Hall–Kier alpha value is -1.09. The van der Waals surface area contributed by atoms with Crippen molar-refractivity contribution in [2.75, 3.05) is 7.05 Å². The quantitative estimate of drug-likeness (QED) is 0.862. The molecule has 0 amide bonds. The average molecular weight is 298 g/mol. The normalized spacial score (nSPS) is 12.5. The molecule has 0 heterocycles. The van der Waals surface area contributed by atoms with Crippen molar-refractivity contribution in [2.45, 2.75) is 13.0 Å². The molecule has 0 saturated heterocycles. The van der Waals surface area contributed by atoms with Gasteiger partial charge in [-0.2, -0.15) is 0 Å². The first kappa shape index (κ1) is 14.3. The number of nitrogens with one attached hydrogen (secondary N) is 1. The number of rotatable bonds is 3. The van der Waals surface area contributed by atoms with Gasteiger partial charge in [-0.3, -0.25) is 0 Å². The molecule has 0 bridgehead atoms. The van der Waals surface area contributed by atoms with E-state index in [-0.39, 0.29) is 11.9 Å². The first-order chi connectivity index (χ1) is 9.02. The zero-order valence-electron chi connectivity index (χ0n) is 10.7. The zero-order valence-corrected chi connectivity index (χ0v) is 12.2. The summed E-state index contributed by atoms with van der Waals surface area (Å²) in [4.78, 5) is 0. The summed E-state index contributed by atoms with van der Waals surface area (Å²) < 4.78 is 13.4. The maximum absolute atomic E-state index is 13.4. The monoisotopic (exact) mass is 297 g/mol. The van der Waals surface area contributed by atoms with Crippen LogP contribution in [0.4, 0.5) is 4.39 Å². The van der Waals surface area contributed by atoms with Gasteiger partial charge in [0.15, 0.2) is 0 Å². The number of hydrogen-bond donors (Lipinski definition) is 1. The lowest BCUT2D eigenvalue weighted by Crippen LogP contribution is -2.18. The van der Waals surface area contributed by atoms with Crippen molar-refractivity contribution in [3.8, 4) is 0 Å². The van der Waals surface area contributed by atoms with Gasteiger partial charge in [-0.05, 0) is 54.9 Å². The number of halogens is 3. The molecule has 100 valence electrons. The van der Waals surface area contributed by atoms with E-state index >= 15 is 0 Å². The first-order valence-corrected chi connectivity index (χ1v) is 6.66. The Bertz CT molecular complexity index is 599. The van der Waals surface area contributed by atoms with Crippen molar-refractivity contribution in [2.24, 2.45) is 0 Å². The van der Waals surface area contributed by atoms with Gasteiger partial charge >= 0.3 is 0 Å². The molecule has 0 fully saturated rings. The number of benzene rings is 2. The minimum atomic E-state index is -0.249. The standard InChI is InChI=1S/C15H14Cl2FN/c1-9-3-5-11(18)8-12(9)15(19-2)10-4-6-13(16)14(17)7-10/h3-8,15,19H,1-2H3. The molecule has 1 unspecified atom stereocenters. The van der Waals surface area contributed by atoms with Gasteiger partial charge in [0.1, 0.15) is 5.82 Å². The zero-order chi connectivity index (χ0) is 14.0. The van der Waals surface area contributed by atoms with Gasteiger partial charge in [-0.15, -0.1) is 0 Å². The van der Waals surface area contributed by atoms with Crippen LogP contribution in [0.1, 0.15) is 22.7 Å². The molecule has 0 aliphatic carbocycles. The van der Waals surface area contributed by atoms with Gasteiger partial charge in [0, 0.05) is 0 Å². The maximum atomic E-state index is 13.4. The molecule has 2 aromatic carbocycles. The molecule has 0 aliphatic rings. The van der Waals surface area contributed by atoms with Crippen LogP contribution in [0.5, 0.6) is 0 Å². The lowest BCUT2D eigenvalue weighted by molar-refractivity contribution is 0.615. The fourth-order valence-electron chi connectivity index (χ4n) is 2.12. The summed E-state index contributed by atoms with van der Waals surface area (Å²) >= 11 is 12.0. The largest absolute Gasteiger partial charge is 0.309 e. The molecule has 1 N–H and O–H groups in total. The highest BCUT2D eigenvalue weighted by Crippen LogP contribution is 2.30. The summed E-state index contributed by atoms with van der Waals surface area (Å²) in [5, 5.41) is 4.19. The van der Waals surface area contributed by atoms with Crippen LogP contribution in [0.2, 0.25) is 10.0 Å². The predicted molar refractivity (Wildman–Crippen MR) is 78.5 cm³/mol. The predicted octanol–water partition coefficient (Wildman–Crippen LogP) is 4.75. The van der Waals surface area contributed by atoms with Crippen LogP contribution < -0.4 is 5.32 Å². The van der Waals surface area contributed by atoms with Crippen LogP contribution >= 0.6 is 23.2 Å². The molecule has 0 spiro atoms. The van der Waals surface area contributed by atoms with Gasteiger partial charge in [0.05, 0.1) is 16.1 Å². The Morgan fingerprint density at radius 2 is 1.79 bits per heavy atom. The lowest BCUT2D eigenvalue weighted by atomic mass is 9.95. The van der Waals surface area contributed by atoms with Crippen molar-refractivity contribution in [1.29, 1.82) is 0 Å².